The number of carbonyl (C=O) groups is 1. The van der Waals surface area contributed by atoms with Crippen LogP contribution in [0.5, 0.6) is 0 Å². The Morgan fingerprint density at radius 2 is 2.00 bits per heavy atom. The highest BCUT2D eigenvalue weighted by atomic mass is 32.2. The molecule has 2 aromatic rings. The van der Waals surface area contributed by atoms with Crippen molar-refractivity contribution < 1.29 is 22.7 Å². The summed E-state index contributed by atoms with van der Waals surface area (Å²) in [5.74, 6) is 0.242. The highest BCUT2D eigenvalue weighted by Gasteiger charge is 2.26. The molecule has 0 unspecified atom stereocenters. The monoisotopic (exact) mass is 467 g/mol. The van der Waals surface area contributed by atoms with Crippen molar-refractivity contribution in [2.24, 2.45) is 0 Å². The molecule has 3 rings (SSSR count). The average molecular weight is 468 g/mol. The van der Waals surface area contributed by atoms with E-state index >= 15 is 0 Å². The Kier molecular flexibility index (Phi) is 7.92. The van der Waals surface area contributed by atoms with Gasteiger partial charge in [-0.25, -0.2) is 13.4 Å². The van der Waals surface area contributed by atoms with Gasteiger partial charge in [0.1, 0.15) is 4.90 Å². The lowest BCUT2D eigenvalue weighted by Crippen LogP contribution is -2.40. The molecular formula is C21H29N3O5S2. The summed E-state index contributed by atoms with van der Waals surface area (Å²) in [7, 11) is -1.91. The second-order valence-corrected chi connectivity index (χ2v) is 10.5. The predicted octanol–water partition coefficient (Wildman–Crippen LogP) is 2.70. The first-order valence-corrected chi connectivity index (χ1v) is 12.6. The van der Waals surface area contributed by atoms with Gasteiger partial charge in [0.25, 0.3) is 0 Å². The van der Waals surface area contributed by atoms with Crippen LogP contribution in [0.4, 0.5) is 0 Å². The van der Waals surface area contributed by atoms with E-state index in [1.165, 1.54) is 22.3 Å². The SMILES string of the molecule is COC[C@@H](C)n1c(C)cc(C(=O)CSc2ccc(S(=O)(=O)N3CCOCC3)cn2)c1C. The number of sulfonamides is 1. The Labute approximate surface area is 188 Å². The minimum Gasteiger partial charge on any atom is -0.383 e. The van der Waals surface area contributed by atoms with E-state index in [-0.39, 0.29) is 22.5 Å². The first-order chi connectivity index (χ1) is 14.8. The number of aromatic nitrogens is 2. The molecule has 0 amide bonds. The largest absolute Gasteiger partial charge is 0.383 e. The number of hydrogen-bond donors (Lipinski definition) is 0. The topological polar surface area (TPSA) is 90.7 Å². The molecule has 1 fully saturated rings. The van der Waals surface area contributed by atoms with Crippen LogP contribution in [0.3, 0.4) is 0 Å². The molecular weight excluding hydrogens is 438 g/mol. The fourth-order valence-electron chi connectivity index (χ4n) is 3.81. The van der Waals surface area contributed by atoms with Gasteiger partial charge in [0.15, 0.2) is 5.78 Å². The molecule has 1 aliphatic heterocycles. The number of ether oxygens (including phenoxy) is 2. The Bertz CT molecular complexity index is 1010. The Hall–Kier alpha value is -1.72. The van der Waals surface area contributed by atoms with Gasteiger partial charge < -0.3 is 14.0 Å². The van der Waals surface area contributed by atoms with Crippen LogP contribution >= 0.6 is 11.8 Å². The summed E-state index contributed by atoms with van der Waals surface area (Å²) < 4.78 is 39.3. The summed E-state index contributed by atoms with van der Waals surface area (Å²) in [4.78, 5) is 17.2. The Morgan fingerprint density at radius 3 is 2.61 bits per heavy atom. The van der Waals surface area contributed by atoms with E-state index in [0.29, 0.717) is 43.5 Å². The lowest BCUT2D eigenvalue weighted by Gasteiger charge is -2.25. The van der Waals surface area contributed by atoms with Crippen molar-refractivity contribution >= 4 is 27.6 Å². The molecule has 1 aliphatic rings. The van der Waals surface area contributed by atoms with Crippen LogP contribution in [0.1, 0.15) is 34.7 Å². The van der Waals surface area contributed by atoms with Gasteiger partial charge in [-0.15, -0.1) is 0 Å². The molecule has 0 spiro atoms. The van der Waals surface area contributed by atoms with Gasteiger partial charge in [-0.2, -0.15) is 4.31 Å². The van der Waals surface area contributed by atoms with Crippen molar-refractivity contribution in [1.29, 1.82) is 0 Å². The quantitative estimate of drug-likeness (QED) is 0.414. The van der Waals surface area contributed by atoms with Gasteiger partial charge >= 0.3 is 0 Å². The maximum absolute atomic E-state index is 12.8. The third kappa shape index (κ3) is 5.38. The molecule has 0 radical (unpaired) electrons. The number of ketones is 1. The van der Waals surface area contributed by atoms with Gasteiger partial charge in [0.2, 0.25) is 10.0 Å². The summed E-state index contributed by atoms with van der Waals surface area (Å²) in [5, 5.41) is 0.607. The Morgan fingerprint density at radius 1 is 1.29 bits per heavy atom. The third-order valence-corrected chi connectivity index (χ3v) is 8.13. The zero-order chi connectivity index (χ0) is 22.6. The minimum atomic E-state index is -3.57. The lowest BCUT2D eigenvalue weighted by molar-refractivity contribution is 0.0730. The van der Waals surface area contributed by atoms with Crippen LogP contribution < -0.4 is 0 Å². The maximum Gasteiger partial charge on any atom is 0.244 e. The number of carbonyl (C=O) groups excluding carboxylic acids is 1. The number of pyridine rings is 1. The second-order valence-electron chi connectivity index (χ2n) is 7.52. The third-order valence-electron chi connectivity index (χ3n) is 5.30. The molecule has 0 saturated carbocycles. The van der Waals surface area contributed by atoms with Crippen molar-refractivity contribution in [3.63, 3.8) is 0 Å². The summed E-state index contributed by atoms with van der Waals surface area (Å²) in [5.41, 5.74) is 2.64. The number of Topliss-reactive ketones (excluding diaryl/α,β-unsaturated/α-hetero) is 1. The van der Waals surface area contributed by atoms with Crippen LogP contribution in [0.25, 0.3) is 0 Å². The smallest absolute Gasteiger partial charge is 0.244 e. The van der Waals surface area contributed by atoms with Crippen LogP contribution in [0.15, 0.2) is 34.3 Å². The number of hydrogen-bond acceptors (Lipinski definition) is 7. The van der Waals surface area contributed by atoms with Gasteiger partial charge in [-0.05, 0) is 39.0 Å². The normalized spacial score (nSPS) is 16.4. The summed E-state index contributed by atoms with van der Waals surface area (Å²) >= 11 is 1.30. The van der Waals surface area contributed by atoms with E-state index in [0.717, 1.165) is 11.4 Å². The summed E-state index contributed by atoms with van der Waals surface area (Å²) in [6.07, 6.45) is 1.36. The zero-order valence-corrected chi connectivity index (χ0v) is 20.0. The maximum atomic E-state index is 12.8. The summed E-state index contributed by atoms with van der Waals surface area (Å²) in [6.45, 7) is 8.04. The van der Waals surface area contributed by atoms with E-state index in [2.05, 4.69) is 16.5 Å². The molecule has 3 heterocycles. The van der Waals surface area contributed by atoms with Crippen molar-refractivity contribution in [3.05, 3.63) is 41.3 Å². The van der Waals surface area contributed by atoms with E-state index < -0.39 is 10.0 Å². The number of aryl methyl sites for hydroxylation is 1. The molecule has 8 nitrogen and oxygen atoms in total. The van der Waals surface area contributed by atoms with Gasteiger partial charge in [0.05, 0.1) is 36.6 Å². The van der Waals surface area contributed by atoms with E-state index in [1.807, 2.05) is 19.9 Å². The standard InChI is InChI=1S/C21H29N3O5S2/c1-15-11-19(17(3)24(15)16(2)13-28-4)20(25)14-30-21-6-5-18(12-22-21)31(26,27)23-7-9-29-10-8-23/h5-6,11-12,16H,7-10,13-14H2,1-4H3/t16-/m1/s1. The zero-order valence-electron chi connectivity index (χ0n) is 18.3. The van der Waals surface area contributed by atoms with Gasteiger partial charge in [-0.3, -0.25) is 4.79 Å². The van der Waals surface area contributed by atoms with Crippen molar-refractivity contribution in [2.45, 2.75) is 36.7 Å². The molecule has 1 saturated heterocycles. The van der Waals surface area contributed by atoms with E-state index in [4.69, 9.17) is 9.47 Å². The molecule has 10 heteroatoms. The predicted molar refractivity (Wildman–Crippen MR) is 119 cm³/mol. The number of morpholine rings is 1. The molecule has 170 valence electrons. The van der Waals surface area contributed by atoms with Crippen LogP contribution in [-0.4, -0.2) is 73.8 Å². The molecule has 31 heavy (non-hydrogen) atoms. The van der Waals surface area contributed by atoms with Gasteiger partial charge in [-0.1, -0.05) is 11.8 Å². The van der Waals surface area contributed by atoms with E-state index in [1.54, 1.807) is 19.2 Å². The second kappa shape index (κ2) is 10.3. The average Bonchev–Trinajstić information content (AvgIpc) is 3.07. The van der Waals surface area contributed by atoms with Crippen LogP contribution in [-0.2, 0) is 19.5 Å². The van der Waals surface area contributed by atoms with Gasteiger partial charge in [0, 0.05) is 43.3 Å². The highest BCUT2D eigenvalue weighted by molar-refractivity contribution is 7.99. The number of methoxy groups -OCH3 is 1. The van der Waals surface area contributed by atoms with E-state index in [9.17, 15) is 13.2 Å². The first kappa shape index (κ1) is 23.9. The first-order valence-electron chi connectivity index (χ1n) is 10.1. The minimum absolute atomic E-state index is 0.0146. The summed E-state index contributed by atoms with van der Waals surface area (Å²) in [6, 6.07) is 5.25. The molecule has 1 atom stereocenters. The molecule has 0 aliphatic carbocycles. The highest BCUT2D eigenvalue weighted by Crippen LogP contribution is 2.25. The van der Waals surface area contributed by atoms with Crippen LogP contribution in [0.2, 0.25) is 0 Å². The number of rotatable bonds is 9. The number of nitrogens with zero attached hydrogens (tertiary/aromatic N) is 3. The fraction of sp³-hybridized carbons (Fsp3) is 0.524. The van der Waals surface area contributed by atoms with Crippen LogP contribution in [0, 0.1) is 13.8 Å². The van der Waals surface area contributed by atoms with Crippen molar-refractivity contribution in [1.82, 2.24) is 13.9 Å². The molecule has 0 aromatic carbocycles. The molecule has 0 bridgehead atoms. The fourth-order valence-corrected chi connectivity index (χ4v) is 5.89. The molecule has 2 aromatic heterocycles. The Balaban J connectivity index is 1.65. The van der Waals surface area contributed by atoms with Crippen molar-refractivity contribution in [3.8, 4) is 0 Å². The van der Waals surface area contributed by atoms with Crippen molar-refractivity contribution in [2.75, 3.05) is 45.8 Å². The lowest BCUT2D eigenvalue weighted by atomic mass is 10.2. The number of thioether (sulfide) groups is 1. The molecule has 0 N–H and O–H groups in total.